The van der Waals surface area contributed by atoms with Crippen molar-refractivity contribution < 1.29 is 4.39 Å². The van der Waals surface area contributed by atoms with Crippen LogP contribution in [0, 0.1) is 12.7 Å². The molecule has 0 aromatic carbocycles. The topological polar surface area (TPSA) is 130 Å². The minimum Gasteiger partial charge on any atom is -0.404 e. The van der Waals surface area contributed by atoms with E-state index in [4.69, 9.17) is 10.7 Å². The van der Waals surface area contributed by atoms with Gasteiger partial charge in [-0.25, -0.2) is 24.3 Å². The molecule has 1 aliphatic rings. The molecule has 10 nitrogen and oxygen atoms in total. The Morgan fingerprint density at radius 1 is 1.12 bits per heavy atom. The Kier molecular flexibility index (Phi) is 7.19. The van der Waals surface area contributed by atoms with E-state index in [0.717, 1.165) is 36.4 Å². The van der Waals surface area contributed by atoms with Crippen LogP contribution in [-0.2, 0) is 0 Å². The molecule has 5 aromatic rings. The first-order chi connectivity index (χ1) is 19.9. The Morgan fingerprint density at radius 3 is 2.68 bits per heavy atom. The Morgan fingerprint density at radius 2 is 1.95 bits per heavy atom. The fraction of sp³-hybridized carbons (Fsp3) is 0.300. The van der Waals surface area contributed by atoms with Crippen LogP contribution in [0.1, 0.15) is 44.4 Å². The maximum Gasteiger partial charge on any atom is 0.184 e. The fourth-order valence-electron chi connectivity index (χ4n) is 5.38. The maximum absolute atomic E-state index is 16.3. The first-order valence-electron chi connectivity index (χ1n) is 13.8. The van der Waals surface area contributed by atoms with Crippen LogP contribution in [0.4, 0.5) is 4.39 Å². The molecule has 0 spiro atoms. The lowest BCUT2D eigenvalue weighted by molar-refractivity contribution is 0.248. The number of nitrogens with two attached hydrogens (primary N) is 1. The second-order valence-electron chi connectivity index (χ2n) is 10.7. The van der Waals surface area contributed by atoms with Crippen LogP contribution >= 0.6 is 0 Å². The quantitative estimate of drug-likeness (QED) is 0.236. The van der Waals surface area contributed by atoms with Crippen molar-refractivity contribution in [2.45, 2.75) is 40.0 Å². The second kappa shape index (κ2) is 11.1. The van der Waals surface area contributed by atoms with Crippen LogP contribution in [0.3, 0.4) is 0 Å². The number of nitrogens with zero attached hydrogens (tertiary/aromatic N) is 7. The van der Waals surface area contributed by atoms with Gasteiger partial charge >= 0.3 is 0 Å². The Labute approximate surface area is 236 Å². The van der Waals surface area contributed by atoms with Crippen LogP contribution in [-0.4, -0.2) is 64.2 Å². The molecule has 0 aliphatic carbocycles. The van der Waals surface area contributed by atoms with Gasteiger partial charge in [0.15, 0.2) is 17.3 Å². The van der Waals surface area contributed by atoms with Gasteiger partial charge in [-0.05, 0) is 64.4 Å². The van der Waals surface area contributed by atoms with E-state index < -0.39 is 5.82 Å². The zero-order chi connectivity index (χ0) is 28.5. The first kappa shape index (κ1) is 26.6. The average molecular weight is 553 g/mol. The summed E-state index contributed by atoms with van der Waals surface area (Å²) in [4.78, 5) is 23.7. The zero-order valence-electron chi connectivity index (χ0n) is 23.4. The summed E-state index contributed by atoms with van der Waals surface area (Å²) >= 11 is 0. The molecule has 1 fully saturated rings. The highest BCUT2D eigenvalue weighted by Gasteiger charge is 2.22. The Hall–Kier alpha value is -4.64. The van der Waals surface area contributed by atoms with E-state index in [1.54, 1.807) is 12.5 Å². The molecule has 4 N–H and O–H groups in total. The van der Waals surface area contributed by atoms with Crippen molar-refractivity contribution in [3.05, 3.63) is 77.6 Å². The van der Waals surface area contributed by atoms with E-state index in [-0.39, 0.29) is 11.0 Å². The lowest BCUT2D eigenvalue weighted by atomic mass is 10.0. The lowest BCUT2D eigenvalue weighted by Gasteiger charge is -2.27. The smallest absolute Gasteiger partial charge is 0.184 e. The molecule has 0 radical (unpaired) electrons. The van der Waals surface area contributed by atoms with Gasteiger partial charge in [-0.15, -0.1) is 0 Å². The number of aromatic amines is 2. The molecular weight excluding hydrogens is 519 g/mol. The number of imidazole rings is 2. The van der Waals surface area contributed by atoms with E-state index in [1.807, 2.05) is 29.8 Å². The summed E-state index contributed by atoms with van der Waals surface area (Å²) in [6, 6.07) is 1.82. The SMILES string of the molecule is CC(C)=C/C(=C\C(=C/N)c1cnc2n[nH]c(-c3nc4c(-n5cnc(C)c5)nccc4[nH]3)c2c1F)CN1CCCCC1. The Bertz CT molecular complexity index is 1810. The third kappa shape index (κ3) is 5.28. The Balaban J connectivity index is 1.41. The van der Waals surface area contributed by atoms with Gasteiger partial charge < -0.3 is 10.7 Å². The third-order valence-electron chi connectivity index (χ3n) is 7.25. The zero-order valence-corrected chi connectivity index (χ0v) is 23.4. The molecule has 11 heteroatoms. The molecule has 1 aliphatic heterocycles. The van der Waals surface area contributed by atoms with Crippen molar-refractivity contribution in [3.63, 3.8) is 0 Å². The number of rotatable bonds is 7. The molecule has 0 saturated carbocycles. The number of fused-ring (bicyclic) bond motifs is 2. The summed E-state index contributed by atoms with van der Waals surface area (Å²) in [5, 5.41) is 7.43. The minimum absolute atomic E-state index is 0.238. The average Bonchev–Trinajstić information content (AvgIpc) is 3.70. The summed E-state index contributed by atoms with van der Waals surface area (Å²) in [7, 11) is 0. The molecule has 0 unspecified atom stereocenters. The van der Waals surface area contributed by atoms with Gasteiger partial charge in [-0.1, -0.05) is 18.1 Å². The van der Waals surface area contributed by atoms with E-state index >= 15 is 4.39 Å². The number of hydrogen-bond acceptors (Lipinski definition) is 7. The van der Waals surface area contributed by atoms with E-state index in [2.05, 4.69) is 55.0 Å². The normalized spacial score (nSPS) is 15.2. The van der Waals surface area contributed by atoms with Gasteiger partial charge in [0.2, 0.25) is 0 Å². The van der Waals surface area contributed by atoms with E-state index in [9.17, 15) is 0 Å². The van der Waals surface area contributed by atoms with Crippen LogP contribution in [0.5, 0.6) is 0 Å². The minimum atomic E-state index is -0.467. The van der Waals surface area contributed by atoms with E-state index in [0.29, 0.717) is 34.0 Å². The lowest BCUT2D eigenvalue weighted by Crippen LogP contribution is -2.31. The van der Waals surface area contributed by atoms with Crippen LogP contribution in [0.15, 0.2) is 60.5 Å². The molecule has 41 heavy (non-hydrogen) atoms. The van der Waals surface area contributed by atoms with Crippen molar-refractivity contribution in [2.75, 3.05) is 19.6 Å². The van der Waals surface area contributed by atoms with Crippen molar-refractivity contribution in [3.8, 4) is 17.3 Å². The number of pyridine rings is 2. The summed E-state index contributed by atoms with van der Waals surface area (Å²) in [6.07, 6.45) is 15.9. The van der Waals surface area contributed by atoms with E-state index in [1.165, 1.54) is 37.2 Å². The van der Waals surface area contributed by atoms with Gasteiger partial charge in [0, 0.05) is 42.5 Å². The third-order valence-corrected chi connectivity index (χ3v) is 7.25. The van der Waals surface area contributed by atoms with Gasteiger partial charge in [0.1, 0.15) is 23.4 Å². The number of piperidine rings is 1. The second-order valence-corrected chi connectivity index (χ2v) is 10.7. The largest absolute Gasteiger partial charge is 0.404 e. The summed E-state index contributed by atoms with van der Waals surface area (Å²) < 4.78 is 18.2. The van der Waals surface area contributed by atoms with Crippen LogP contribution < -0.4 is 5.73 Å². The highest BCUT2D eigenvalue weighted by atomic mass is 19.1. The maximum atomic E-state index is 16.3. The first-order valence-corrected chi connectivity index (χ1v) is 13.8. The molecule has 5 aromatic heterocycles. The number of hydrogen-bond donors (Lipinski definition) is 3. The van der Waals surface area contributed by atoms with Gasteiger partial charge in [0.25, 0.3) is 0 Å². The van der Waals surface area contributed by atoms with Gasteiger partial charge in [-0.2, -0.15) is 5.10 Å². The monoisotopic (exact) mass is 552 g/mol. The summed E-state index contributed by atoms with van der Waals surface area (Å²) in [5.74, 6) is 0.577. The molecule has 6 rings (SSSR count). The summed E-state index contributed by atoms with van der Waals surface area (Å²) in [6.45, 7) is 8.93. The predicted molar refractivity (Wildman–Crippen MR) is 159 cm³/mol. The van der Waals surface area contributed by atoms with Gasteiger partial charge in [0.05, 0.1) is 16.6 Å². The molecule has 0 amide bonds. The molecular formula is C30H33FN10. The molecule has 6 heterocycles. The predicted octanol–water partition coefficient (Wildman–Crippen LogP) is 5.21. The number of halogens is 1. The molecule has 0 bridgehead atoms. The fourth-order valence-corrected chi connectivity index (χ4v) is 5.38. The van der Waals surface area contributed by atoms with Crippen molar-refractivity contribution in [1.29, 1.82) is 0 Å². The number of nitrogens with one attached hydrogen (secondary N) is 2. The number of H-pyrrole nitrogens is 2. The van der Waals surface area contributed by atoms with Crippen molar-refractivity contribution >= 4 is 27.6 Å². The summed E-state index contributed by atoms with van der Waals surface area (Å²) in [5.41, 5.74) is 12.1. The highest BCUT2D eigenvalue weighted by molar-refractivity contribution is 5.95. The molecule has 0 atom stereocenters. The van der Waals surface area contributed by atoms with Gasteiger partial charge in [-0.3, -0.25) is 14.6 Å². The van der Waals surface area contributed by atoms with Crippen molar-refractivity contribution in [2.24, 2.45) is 5.73 Å². The standard InChI is InChI=1S/C30H33FN10/c1-18(2)11-20(16-40-9-5-4-6-10-40)12-21(13-32)22-14-34-28-24(25(22)31)27(38-39-28)29-36-23-7-8-33-30(26(23)37-29)41-15-19(3)35-17-41/h7-8,11-15,17H,4-6,9-10,16,32H2,1-3H3,(H,36,37)(H,34,38,39)/b20-12+,21-13+. The number of aryl methyl sites for hydroxylation is 1. The van der Waals surface area contributed by atoms with Crippen LogP contribution in [0.2, 0.25) is 0 Å². The van der Waals surface area contributed by atoms with Crippen LogP contribution in [0.25, 0.3) is 45.0 Å². The highest BCUT2D eigenvalue weighted by Crippen LogP contribution is 2.32. The molecule has 210 valence electrons. The number of aromatic nitrogens is 8. The molecule has 1 saturated heterocycles. The number of likely N-dealkylation sites (tertiary alicyclic amines) is 1. The number of allylic oxidation sites excluding steroid dienone is 3. The van der Waals surface area contributed by atoms with Crippen molar-refractivity contribution in [1.82, 2.24) is 44.6 Å².